The van der Waals surface area contributed by atoms with Gasteiger partial charge in [-0.3, -0.25) is 4.57 Å². The Hall–Kier alpha value is 0.570. The minimum Gasteiger partial charge on any atom is -0.333 e. The number of hydrogen-bond acceptors (Lipinski definition) is 2. The van der Waals surface area contributed by atoms with Gasteiger partial charge in [0.15, 0.2) is 0 Å². The van der Waals surface area contributed by atoms with E-state index in [-0.39, 0.29) is 6.16 Å². The maximum absolute atomic E-state index is 10.0. The van der Waals surface area contributed by atoms with Crippen LogP contribution in [0.25, 0.3) is 0 Å². The number of halogens is 1. The number of rotatable bonds is 2. The third-order valence-electron chi connectivity index (χ3n) is 0.300. The highest BCUT2D eigenvalue weighted by molar-refractivity contribution is 7.87. The molecule has 7 heavy (non-hydrogen) atoms. The summed E-state index contributed by atoms with van der Waals surface area (Å²) in [7, 11) is 0. The second kappa shape index (κ2) is 2.78. The Morgan fingerprint density at radius 3 is 2.43 bits per heavy atom. The summed E-state index contributed by atoms with van der Waals surface area (Å²) in [5.41, 5.74) is 0. The van der Waals surface area contributed by atoms with Gasteiger partial charge in [-0.1, -0.05) is 12.2 Å². The number of thiocarbonyl (C=S) groups is 1. The molecule has 0 fully saturated rings. The lowest BCUT2D eigenvalue weighted by Crippen LogP contribution is -1.77. The molecular formula is C2H4ClO2PS. The fourth-order valence-corrected chi connectivity index (χ4v) is 1.33. The van der Waals surface area contributed by atoms with Gasteiger partial charge in [0.1, 0.15) is 0 Å². The molecule has 1 atom stereocenters. The van der Waals surface area contributed by atoms with E-state index < -0.39 is 6.72 Å². The average molecular weight is 159 g/mol. The van der Waals surface area contributed by atoms with E-state index in [4.69, 9.17) is 16.1 Å². The van der Waals surface area contributed by atoms with E-state index in [0.29, 0.717) is 0 Å². The van der Waals surface area contributed by atoms with E-state index >= 15 is 0 Å². The quantitative estimate of drug-likeness (QED) is 0.488. The molecule has 1 N–H and O–H groups in total. The summed E-state index contributed by atoms with van der Waals surface area (Å²) >= 11 is 9.10. The van der Waals surface area contributed by atoms with E-state index in [1.54, 1.807) is 0 Å². The SMILES string of the molecule is O=P(O)(Cl)CC=S. The van der Waals surface area contributed by atoms with Gasteiger partial charge in [-0.2, -0.15) is 0 Å². The van der Waals surface area contributed by atoms with Crippen molar-refractivity contribution in [1.82, 2.24) is 0 Å². The second-order valence-electron chi connectivity index (χ2n) is 0.966. The molecule has 0 radical (unpaired) electrons. The van der Waals surface area contributed by atoms with E-state index in [2.05, 4.69) is 12.2 Å². The molecule has 0 spiro atoms. The van der Waals surface area contributed by atoms with E-state index in [9.17, 15) is 4.57 Å². The van der Waals surface area contributed by atoms with Crippen LogP contribution in [0.1, 0.15) is 0 Å². The summed E-state index contributed by atoms with van der Waals surface area (Å²) in [4.78, 5) is 8.24. The van der Waals surface area contributed by atoms with Gasteiger partial charge in [0.2, 0.25) is 0 Å². The molecule has 5 heteroatoms. The topological polar surface area (TPSA) is 37.3 Å². The van der Waals surface area contributed by atoms with Crippen molar-refractivity contribution in [2.45, 2.75) is 0 Å². The van der Waals surface area contributed by atoms with Crippen molar-refractivity contribution >= 4 is 35.5 Å². The van der Waals surface area contributed by atoms with Gasteiger partial charge >= 0.3 is 0 Å². The van der Waals surface area contributed by atoms with Crippen LogP contribution in [0.5, 0.6) is 0 Å². The van der Waals surface area contributed by atoms with Crippen LogP contribution < -0.4 is 0 Å². The van der Waals surface area contributed by atoms with E-state index in [0.717, 1.165) is 5.37 Å². The summed E-state index contributed by atoms with van der Waals surface area (Å²) in [6.07, 6.45) is -0.0934. The lowest BCUT2D eigenvalue weighted by Gasteiger charge is -1.91. The minimum atomic E-state index is -3.35. The largest absolute Gasteiger partial charge is 0.333 e. The summed E-state index contributed by atoms with van der Waals surface area (Å²) < 4.78 is 10.0. The van der Waals surface area contributed by atoms with Gasteiger partial charge in [-0.05, 0) is 16.6 Å². The van der Waals surface area contributed by atoms with Crippen LogP contribution in [0.4, 0.5) is 0 Å². The fraction of sp³-hybridized carbons (Fsp3) is 0.500. The highest BCUT2D eigenvalue weighted by Gasteiger charge is 2.08. The van der Waals surface area contributed by atoms with Crippen LogP contribution in [-0.2, 0) is 4.57 Å². The molecule has 0 aromatic rings. The molecule has 2 nitrogen and oxygen atoms in total. The van der Waals surface area contributed by atoms with Crippen LogP contribution in [0.15, 0.2) is 0 Å². The van der Waals surface area contributed by atoms with Crippen molar-refractivity contribution in [3.05, 3.63) is 0 Å². The molecule has 0 bridgehead atoms. The predicted molar refractivity (Wildman–Crippen MR) is 34.2 cm³/mol. The molecule has 0 rings (SSSR count). The first-order valence-corrected chi connectivity index (χ1v) is 4.73. The molecule has 0 amide bonds. The lowest BCUT2D eigenvalue weighted by atomic mass is 11.0. The van der Waals surface area contributed by atoms with E-state index in [1.165, 1.54) is 0 Å². The van der Waals surface area contributed by atoms with Crippen molar-refractivity contribution in [2.75, 3.05) is 6.16 Å². The third-order valence-corrected chi connectivity index (χ3v) is 1.76. The fourth-order valence-electron chi connectivity index (χ4n) is 0.0919. The first-order valence-electron chi connectivity index (χ1n) is 1.51. The van der Waals surface area contributed by atoms with Gasteiger partial charge < -0.3 is 4.89 Å². The second-order valence-corrected chi connectivity index (χ2v) is 4.48. The Labute approximate surface area is 51.7 Å². The standard InChI is InChI=1S/C2H4ClO2PS/c3-6(4,5)1-2-7/h2H,1H2,(H,4,5). The van der Waals surface area contributed by atoms with Crippen LogP contribution in [0.2, 0.25) is 0 Å². The van der Waals surface area contributed by atoms with Crippen LogP contribution >= 0.6 is 30.2 Å². The normalized spacial score (nSPS) is 18.0. The average Bonchev–Trinajstić information content (AvgIpc) is 1.30. The maximum atomic E-state index is 10.0. The zero-order valence-electron chi connectivity index (χ0n) is 3.37. The van der Waals surface area contributed by atoms with Gasteiger partial charge in [0, 0.05) is 0 Å². The Kier molecular flexibility index (Phi) is 3.00. The van der Waals surface area contributed by atoms with Gasteiger partial charge in [-0.25, -0.2) is 0 Å². The molecule has 0 saturated heterocycles. The first-order chi connectivity index (χ1) is 3.06. The Morgan fingerprint density at radius 2 is 2.43 bits per heavy atom. The summed E-state index contributed by atoms with van der Waals surface area (Å²) in [6.45, 7) is -3.35. The molecule has 0 aliphatic carbocycles. The van der Waals surface area contributed by atoms with Crippen molar-refractivity contribution in [2.24, 2.45) is 0 Å². The Bertz CT molecular complexity index is 108. The van der Waals surface area contributed by atoms with E-state index in [1.807, 2.05) is 0 Å². The molecular weight excluding hydrogens is 155 g/mol. The van der Waals surface area contributed by atoms with Gasteiger partial charge in [-0.15, -0.1) is 0 Å². The zero-order chi connectivity index (χ0) is 5.91. The van der Waals surface area contributed by atoms with Crippen LogP contribution in [0, 0.1) is 0 Å². The van der Waals surface area contributed by atoms with Gasteiger partial charge in [0.25, 0.3) is 6.72 Å². The lowest BCUT2D eigenvalue weighted by molar-refractivity contribution is 0.500. The maximum Gasteiger partial charge on any atom is 0.292 e. The molecule has 42 valence electrons. The smallest absolute Gasteiger partial charge is 0.292 e. The molecule has 0 heterocycles. The van der Waals surface area contributed by atoms with Crippen LogP contribution in [-0.4, -0.2) is 16.4 Å². The monoisotopic (exact) mass is 158 g/mol. The zero-order valence-corrected chi connectivity index (χ0v) is 5.84. The van der Waals surface area contributed by atoms with Crippen LogP contribution in [0.3, 0.4) is 0 Å². The third kappa shape index (κ3) is 6.57. The highest BCUT2D eigenvalue weighted by Crippen LogP contribution is 2.44. The van der Waals surface area contributed by atoms with Crippen molar-refractivity contribution in [3.63, 3.8) is 0 Å². The molecule has 1 unspecified atom stereocenters. The van der Waals surface area contributed by atoms with Crippen molar-refractivity contribution in [1.29, 1.82) is 0 Å². The predicted octanol–water partition coefficient (Wildman–Crippen LogP) is 1.41. The van der Waals surface area contributed by atoms with Gasteiger partial charge in [0.05, 0.1) is 6.16 Å². The summed E-state index contributed by atoms with van der Waals surface area (Å²) in [6, 6.07) is 0. The molecule has 0 saturated carbocycles. The first kappa shape index (κ1) is 7.57. The summed E-state index contributed by atoms with van der Waals surface area (Å²) in [5, 5.41) is 1.15. The Balaban J connectivity index is 3.57. The Morgan fingerprint density at radius 1 is 2.00 bits per heavy atom. The molecule has 0 aromatic heterocycles. The molecule has 0 aromatic carbocycles. The molecule has 0 aliphatic heterocycles. The minimum absolute atomic E-state index is 0.0934. The summed E-state index contributed by atoms with van der Waals surface area (Å²) in [5.74, 6) is 0. The highest BCUT2D eigenvalue weighted by atomic mass is 35.7. The molecule has 0 aliphatic rings. The van der Waals surface area contributed by atoms with Crippen molar-refractivity contribution in [3.8, 4) is 0 Å². The van der Waals surface area contributed by atoms with Crippen molar-refractivity contribution < 1.29 is 9.46 Å². The number of hydrogen-bond donors (Lipinski definition) is 1.